The van der Waals surface area contributed by atoms with Gasteiger partial charge < -0.3 is 5.32 Å². The van der Waals surface area contributed by atoms with Crippen molar-refractivity contribution in [3.63, 3.8) is 0 Å². The molecule has 0 saturated carbocycles. The van der Waals surface area contributed by atoms with Crippen LogP contribution in [0.5, 0.6) is 0 Å². The molecule has 0 aromatic heterocycles. The fourth-order valence-electron chi connectivity index (χ4n) is 1.49. The first-order chi connectivity index (χ1) is 4.97. The second-order valence-electron chi connectivity index (χ2n) is 3.24. The molecule has 0 bridgehead atoms. The van der Waals surface area contributed by atoms with Gasteiger partial charge in [0.25, 0.3) is 0 Å². The first-order valence-corrected chi connectivity index (χ1v) is 5.43. The van der Waals surface area contributed by atoms with Crippen molar-refractivity contribution in [2.45, 2.75) is 19.4 Å². The standard InChI is InChI=1S/C6H14N2O2S/c1-5-2-6(3-8-5)4-11(7,9)10/h5-6,8H,2-4H2,1H3,(H2,7,9,10). The van der Waals surface area contributed by atoms with Crippen LogP contribution in [0.4, 0.5) is 0 Å². The van der Waals surface area contributed by atoms with Gasteiger partial charge >= 0.3 is 0 Å². The quantitative estimate of drug-likeness (QED) is 0.585. The monoisotopic (exact) mass is 178 g/mol. The molecule has 2 unspecified atom stereocenters. The van der Waals surface area contributed by atoms with E-state index >= 15 is 0 Å². The van der Waals surface area contributed by atoms with E-state index in [9.17, 15) is 8.42 Å². The molecule has 1 fully saturated rings. The van der Waals surface area contributed by atoms with Crippen molar-refractivity contribution < 1.29 is 8.42 Å². The Morgan fingerprint density at radius 1 is 1.64 bits per heavy atom. The number of sulfonamides is 1. The summed E-state index contributed by atoms with van der Waals surface area (Å²) in [6, 6.07) is 0.432. The maximum absolute atomic E-state index is 10.6. The van der Waals surface area contributed by atoms with E-state index in [1.165, 1.54) is 0 Å². The van der Waals surface area contributed by atoms with Gasteiger partial charge in [0.1, 0.15) is 0 Å². The molecule has 0 radical (unpaired) electrons. The molecule has 1 rings (SSSR count). The maximum Gasteiger partial charge on any atom is 0.209 e. The van der Waals surface area contributed by atoms with Crippen LogP contribution in [0, 0.1) is 5.92 Å². The van der Waals surface area contributed by atoms with Crippen LogP contribution in [0.3, 0.4) is 0 Å². The third kappa shape index (κ3) is 3.18. The Bertz CT molecular complexity index is 225. The van der Waals surface area contributed by atoms with E-state index in [2.05, 4.69) is 5.32 Å². The topological polar surface area (TPSA) is 72.2 Å². The molecule has 66 valence electrons. The number of hydrogen-bond donors (Lipinski definition) is 2. The lowest BCUT2D eigenvalue weighted by molar-refractivity contribution is 0.567. The van der Waals surface area contributed by atoms with Crippen molar-refractivity contribution in [3.05, 3.63) is 0 Å². The Balaban J connectivity index is 2.41. The Morgan fingerprint density at radius 2 is 2.27 bits per heavy atom. The fraction of sp³-hybridized carbons (Fsp3) is 1.00. The second kappa shape index (κ2) is 3.08. The van der Waals surface area contributed by atoms with Crippen molar-refractivity contribution in [2.24, 2.45) is 11.1 Å². The molecule has 0 spiro atoms. The highest BCUT2D eigenvalue weighted by Gasteiger charge is 2.23. The minimum absolute atomic E-state index is 0.115. The van der Waals surface area contributed by atoms with E-state index in [0.29, 0.717) is 6.04 Å². The summed E-state index contributed by atoms with van der Waals surface area (Å²) >= 11 is 0. The van der Waals surface area contributed by atoms with Gasteiger partial charge in [-0.1, -0.05) is 0 Å². The van der Waals surface area contributed by atoms with Gasteiger partial charge in [-0.25, -0.2) is 13.6 Å². The molecule has 1 saturated heterocycles. The van der Waals surface area contributed by atoms with Gasteiger partial charge in [0.15, 0.2) is 0 Å². The highest BCUT2D eigenvalue weighted by Crippen LogP contribution is 2.14. The lowest BCUT2D eigenvalue weighted by Crippen LogP contribution is -2.24. The van der Waals surface area contributed by atoms with Crippen molar-refractivity contribution in [3.8, 4) is 0 Å². The molecule has 0 aliphatic carbocycles. The minimum atomic E-state index is -3.27. The number of hydrogen-bond acceptors (Lipinski definition) is 3. The van der Waals surface area contributed by atoms with E-state index in [1.54, 1.807) is 0 Å². The van der Waals surface area contributed by atoms with Crippen LogP contribution in [0.1, 0.15) is 13.3 Å². The number of nitrogens with two attached hydrogens (primary N) is 1. The summed E-state index contributed by atoms with van der Waals surface area (Å²) in [4.78, 5) is 0. The summed E-state index contributed by atoms with van der Waals surface area (Å²) in [5.74, 6) is 0.324. The first-order valence-electron chi connectivity index (χ1n) is 3.71. The SMILES string of the molecule is CC1CC(CS(N)(=O)=O)CN1. The summed E-state index contributed by atoms with van der Waals surface area (Å²) in [5.41, 5.74) is 0. The van der Waals surface area contributed by atoms with E-state index in [4.69, 9.17) is 5.14 Å². The lowest BCUT2D eigenvalue weighted by atomic mass is 10.1. The largest absolute Gasteiger partial charge is 0.314 e. The number of nitrogens with one attached hydrogen (secondary N) is 1. The van der Waals surface area contributed by atoms with Gasteiger partial charge in [-0.05, 0) is 25.8 Å². The molecule has 0 aromatic carbocycles. The zero-order valence-corrected chi connectivity index (χ0v) is 7.39. The Labute approximate surface area is 67.2 Å². The molecule has 5 heteroatoms. The maximum atomic E-state index is 10.6. The second-order valence-corrected chi connectivity index (χ2v) is 4.90. The number of primary sulfonamides is 1. The smallest absolute Gasteiger partial charge is 0.209 e. The third-order valence-corrected chi connectivity index (χ3v) is 2.85. The van der Waals surface area contributed by atoms with Crippen molar-refractivity contribution in [2.75, 3.05) is 12.3 Å². The van der Waals surface area contributed by atoms with Gasteiger partial charge in [0.2, 0.25) is 10.0 Å². The fourth-order valence-corrected chi connectivity index (χ4v) is 2.40. The molecular weight excluding hydrogens is 164 g/mol. The molecule has 1 aliphatic rings. The zero-order valence-electron chi connectivity index (χ0n) is 6.58. The molecule has 1 aliphatic heterocycles. The summed E-state index contributed by atoms with van der Waals surface area (Å²) in [5, 5.41) is 8.08. The van der Waals surface area contributed by atoms with Crippen molar-refractivity contribution >= 4 is 10.0 Å². The van der Waals surface area contributed by atoms with E-state index in [-0.39, 0.29) is 11.7 Å². The average molecular weight is 178 g/mol. The van der Waals surface area contributed by atoms with Gasteiger partial charge in [-0.2, -0.15) is 0 Å². The van der Waals surface area contributed by atoms with Crippen molar-refractivity contribution in [1.82, 2.24) is 5.32 Å². The summed E-state index contributed by atoms with van der Waals surface area (Å²) in [6.07, 6.45) is 0.913. The summed E-state index contributed by atoms with van der Waals surface area (Å²) in [6.45, 7) is 2.82. The van der Waals surface area contributed by atoms with E-state index < -0.39 is 10.0 Å². The van der Waals surface area contributed by atoms with Gasteiger partial charge in [0.05, 0.1) is 5.75 Å². The third-order valence-electron chi connectivity index (χ3n) is 1.91. The van der Waals surface area contributed by atoms with Crippen LogP contribution in [0.25, 0.3) is 0 Å². The Hall–Kier alpha value is -0.130. The summed E-state index contributed by atoms with van der Waals surface area (Å²) in [7, 11) is -3.27. The lowest BCUT2D eigenvalue weighted by Gasteiger charge is -2.04. The molecule has 3 N–H and O–H groups in total. The van der Waals surface area contributed by atoms with Gasteiger partial charge in [-0.3, -0.25) is 0 Å². The van der Waals surface area contributed by atoms with Crippen LogP contribution in [-0.2, 0) is 10.0 Å². The summed E-state index contributed by atoms with van der Waals surface area (Å²) < 4.78 is 21.3. The van der Waals surface area contributed by atoms with E-state index in [1.807, 2.05) is 6.92 Å². The molecule has 0 amide bonds. The molecule has 4 nitrogen and oxygen atoms in total. The normalized spacial score (nSPS) is 32.5. The zero-order chi connectivity index (χ0) is 8.48. The Kier molecular flexibility index (Phi) is 2.51. The number of rotatable bonds is 2. The van der Waals surface area contributed by atoms with Crippen LogP contribution in [0.2, 0.25) is 0 Å². The molecular formula is C6H14N2O2S. The first kappa shape index (κ1) is 8.96. The van der Waals surface area contributed by atoms with Crippen molar-refractivity contribution in [1.29, 1.82) is 0 Å². The minimum Gasteiger partial charge on any atom is -0.314 e. The van der Waals surface area contributed by atoms with Crippen LogP contribution in [-0.4, -0.2) is 26.8 Å². The predicted octanol–water partition coefficient (Wildman–Crippen LogP) is -0.727. The van der Waals surface area contributed by atoms with E-state index in [0.717, 1.165) is 13.0 Å². The Morgan fingerprint density at radius 3 is 2.64 bits per heavy atom. The molecule has 0 aromatic rings. The van der Waals surface area contributed by atoms with Crippen LogP contribution in [0.15, 0.2) is 0 Å². The predicted molar refractivity (Wildman–Crippen MR) is 43.5 cm³/mol. The molecule has 11 heavy (non-hydrogen) atoms. The molecule has 1 heterocycles. The molecule has 2 atom stereocenters. The highest BCUT2D eigenvalue weighted by molar-refractivity contribution is 7.89. The van der Waals surface area contributed by atoms with Gasteiger partial charge in [0, 0.05) is 6.04 Å². The highest BCUT2D eigenvalue weighted by atomic mass is 32.2. The average Bonchev–Trinajstić information content (AvgIpc) is 2.10. The van der Waals surface area contributed by atoms with Gasteiger partial charge in [-0.15, -0.1) is 0 Å². The van der Waals surface area contributed by atoms with Crippen LogP contribution < -0.4 is 10.5 Å². The van der Waals surface area contributed by atoms with Crippen LogP contribution >= 0.6 is 0 Å².